The molecule has 0 saturated heterocycles. The van der Waals surface area contributed by atoms with Crippen LogP contribution in [-0.4, -0.2) is 26.2 Å². The topological polar surface area (TPSA) is 58.9 Å². The van der Waals surface area contributed by atoms with Crippen LogP contribution < -0.4 is 0 Å². The SMILES string of the molecule is C=C(CS(=O)(=O)CC)/N=N\SC. The van der Waals surface area contributed by atoms with E-state index in [0.717, 1.165) is 0 Å². The third kappa shape index (κ3) is 5.31. The highest BCUT2D eigenvalue weighted by molar-refractivity contribution is 7.97. The predicted molar refractivity (Wildman–Crippen MR) is 51.8 cm³/mol. The van der Waals surface area contributed by atoms with Crippen LogP contribution in [0.1, 0.15) is 6.92 Å². The summed E-state index contributed by atoms with van der Waals surface area (Å²) < 4.78 is 25.6. The van der Waals surface area contributed by atoms with Crippen LogP contribution in [0.2, 0.25) is 0 Å². The van der Waals surface area contributed by atoms with E-state index in [1.54, 1.807) is 13.2 Å². The average Bonchev–Trinajstić information content (AvgIpc) is 2.00. The molecular weight excluding hydrogens is 196 g/mol. The van der Waals surface area contributed by atoms with Gasteiger partial charge < -0.3 is 0 Å². The van der Waals surface area contributed by atoms with Crippen molar-refractivity contribution >= 4 is 21.8 Å². The molecule has 0 heterocycles. The van der Waals surface area contributed by atoms with Crippen LogP contribution in [0.4, 0.5) is 0 Å². The van der Waals surface area contributed by atoms with Crippen molar-refractivity contribution in [2.24, 2.45) is 9.63 Å². The summed E-state index contributed by atoms with van der Waals surface area (Å²) >= 11 is 1.17. The second kappa shape index (κ2) is 5.31. The lowest BCUT2D eigenvalue weighted by Gasteiger charge is -1.97. The number of nitrogens with zero attached hydrogens (tertiary/aromatic N) is 2. The van der Waals surface area contributed by atoms with E-state index in [9.17, 15) is 8.42 Å². The fraction of sp³-hybridized carbons (Fsp3) is 0.667. The van der Waals surface area contributed by atoms with Crippen molar-refractivity contribution in [3.05, 3.63) is 12.3 Å². The molecule has 0 fully saturated rings. The van der Waals surface area contributed by atoms with Gasteiger partial charge in [0.15, 0.2) is 9.84 Å². The molecule has 0 aliphatic carbocycles. The summed E-state index contributed by atoms with van der Waals surface area (Å²) in [5, 5.41) is 3.59. The normalized spacial score (nSPS) is 12.2. The summed E-state index contributed by atoms with van der Waals surface area (Å²) in [6.07, 6.45) is 1.74. The Morgan fingerprint density at radius 3 is 2.58 bits per heavy atom. The van der Waals surface area contributed by atoms with Gasteiger partial charge in [-0.05, 0) is 11.9 Å². The first kappa shape index (κ1) is 11.6. The van der Waals surface area contributed by atoms with Crippen molar-refractivity contribution in [3.8, 4) is 0 Å². The average molecular weight is 208 g/mol. The van der Waals surface area contributed by atoms with Crippen LogP contribution in [0.5, 0.6) is 0 Å². The lowest BCUT2D eigenvalue weighted by Crippen LogP contribution is -2.09. The lowest BCUT2D eigenvalue weighted by molar-refractivity contribution is 0.599. The van der Waals surface area contributed by atoms with Gasteiger partial charge in [-0.3, -0.25) is 0 Å². The maximum atomic E-state index is 11.0. The number of sulfone groups is 1. The Hall–Kier alpha value is -0.360. The zero-order valence-corrected chi connectivity index (χ0v) is 8.78. The molecule has 0 aliphatic heterocycles. The molecule has 0 aromatic rings. The van der Waals surface area contributed by atoms with Crippen LogP contribution in [0.25, 0.3) is 0 Å². The van der Waals surface area contributed by atoms with Gasteiger partial charge in [0.05, 0.1) is 11.4 Å². The van der Waals surface area contributed by atoms with Crippen molar-refractivity contribution in [2.75, 3.05) is 17.8 Å². The van der Waals surface area contributed by atoms with Crippen molar-refractivity contribution in [1.82, 2.24) is 0 Å². The van der Waals surface area contributed by atoms with Crippen LogP contribution in [0, 0.1) is 0 Å². The monoisotopic (exact) mass is 208 g/mol. The molecule has 0 bridgehead atoms. The Bertz CT molecular complexity index is 269. The van der Waals surface area contributed by atoms with Crippen molar-refractivity contribution in [3.63, 3.8) is 0 Å². The number of hydrogen-bond donors (Lipinski definition) is 0. The van der Waals surface area contributed by atoms with Gasteiger partial charge in [0.25, 0.3) is 0 Å². The maximum Gasteiger partial charge on any atom is 0.155 e. The van der Waals surface area contributed by atoms with Crippen LogP contribution in [-0.2, 0) is 9.84 Å². The van der Waals surface area contributed by atoms with E-state index in [-0.39, 0.29) is 17.2 Å². The Morgan fingerprint density at radius 2 is 2.17 bits per heavy atom. The molecule has 12 heavy (non-hydrogen) atoms. The highest BCUT2D eigenvalue weighted by Crippen LogP contribution is 2.04. The summed E-state index contributed by atoms with van der Waals surface area (Å²) in [5.74, 6) is 0.00830. The van der Waals surface area contributed by atoms with Crippen molar-refractivity contribution in [1.29, 1.82) is 0 Å². The van der Waals surface area contributed by atoms with Gasteiger partial charge >= 0.3 is 0 Å². The smallest absolute Gasteiger partial charge is 0.155 e. The predicted octanol–water partition coefficient (Wildman–Crippen LogP) is 1.67. The Labute approximate surface area is 77.2 Å². The molecule has 0 saturated carbocycles. The highest BCUT2D eigenvalue weighted by atomic mass is 32.2. The Kier molecular flexibility index (Phi) is 5.16. The molecular formula is C6H12N2O2S2. The maximum absolute atomic E-state index is 11.0. The summed E-state index contributed by atoms with van der Waals surface area (Å²) in [5.41, 5.74) is 0.284. The second-order valence-corrected chi connectivity index (χ2v) is 4.99. The zero-order chi connectivity index (χ0) is 9.61. The van der Waals surface area contributed by atoms with E-state index in [1.165, 1.54) is 11.9 Å². The van der Waals surface area contributed by atoms with Gasteiger partial charge in [0.2, 0.25) is 0 Å². The fourth-order valence-electron chi connectivity index (χ4n) is 0.483. The van der Waals surface area contributed by atoms with Gasteiger partial charge in [-0.1, -0.05) is 13.5 Å². The lowest BCUT2D eigenvalue weighted by atomic mass is 10.6. The first-order valence-electron chi connectivity index (χ1n) is 3.34. The second-order valence-electron chi connectivity index (χ2n) is 2.11. The standard InChI is InChI=1S/C6H12N2O2S2/c1-4-12(9,10)5-6(2)7-8-11-3/h2,4-5H2,1,3H3/b8-7-. The molecule has 70 valence electrons. The molecule has 0 aromatic carbocycles. The molecule has 0 unspecified atom stereocenters. The van der Waals surface area contributed by atoms with Gasteiger partial charge in [0.1, 0.15) is 0 Å². The van der Waals surface area contributed by atoms with Gasteiger partial charge in [0, 0.05) is 12.0 Å². The molecule has 0 radical (unpaired) electrons. The van der Waals surface area contributed by atoms with Gasteiger partial charge in [-0.15, -0.1) is 9.63 Å². The van der Waals surface area contributed by atoms with Crippen molar-refractivity contribution < 1.29 is 8.42 Å². The van der Waals surface area contributed by atoms with E-state index in [4.69, 9.17) is 0 Å². The van der Waals surface area contributed by atoms with E-state index < -0.39 is 9.84 Å². The minimum Gasteiger partial charge on any atom is -0.228 e. The fourth-order valence-corrected chi connectivity index (χ4v) is 1.45. The first-order chi connectivity index (χ1) is 5.52. The van der Waals surface area contributed by atoms with Crippen LogP contribution >= 0.6 is 11.9 Å². The van der Waals surface area contributed by atoms with Crippen molar-refractivity contribution in [2.45, 2.75) is 6.92 Å². The van der Waals surface area contributed by atoms with Crippen LogP contribution in [0.3, 0.4) is 0 Å². The first-order valence-corrected chi connectivity index (χ1v) is 6.34. The summed E-state index contributed by atoms with van der Waals surface area (Å²) in [6.45, 7) is 5.06. The minimum atomic E-state index is -3.01. The molecule has 0 N–H and O–H groups in total. The van der Waals surface area contributed by atoms with E-state index in [2.05, 4.69) is 16.2 Å². The molecule has 0 rings (SSSR count). The third-order valence-electron chi connectivity index (χ3n) is 1.09. The zero-order valence-electron chi connectivity index (χ0n) is 7.15. The quantitative estimate of drug-likeness (QED) is 0.510. The molecule has 4 nitrogen and oxygen atoms in total. The molecule has 0 atom stereocenters. The molecule has 0 spiro atoms. The molecule has 0 aliphatic rings. The van der Waals surface area contributed by atoms with Gasteiger partial charge in [-0.2, -0.15) is 0 Å². The minimum absolute atomic E-state index is 0.104. The Balaban J connectivity index is 4.11. The summed E-state index contributed by atoms with van der Waals surface area (Å²) in [7, 11) is -3.01. The van der Waals surface area contributed by atoms with E-state index in [0.29, 0.717) is 0 Å². The van der Waals surface area contributed by atoms with E-state index >= 15 is 0 Å². The molecule has 0 aromatic heterocycles. The summed E-state index contributed by atoms with van der Waals surface area (Å²) in [4.78, 5) is 0. The van der Waals surface area contributed by atoms with Gasteiger partial charge in [-0.25, -0.2) is 8.42 Å². The van der Waals surface area contributed by atoms with Crippen LogP contribution in [0.15, 0.2) is 21.9 Å². The number of hydrogen-bond acceptors (Lipinski definition) is 5. The molecule has 0 amide bonds. The van der Waals surface area contributed by atoms with E-state index in [1.807, 2.05) is 0 Å². The highest BCUT2D eigenvalue weighted by Gasteiger charge is 2.08. The summed E-state index contributed by atoms with van der Waals surface area (Å²) in [6, 6.07) is 0. The largest absolute Gasteiger partial charge is 0.228 e. The molecule has 6 heteroatoms. The third-order valence-corrected chi connectivity index (χ3v) is 2.99. The number of rotatable bonds is 5. The Morgan fingerprint density at radius 1 is 1.58 bits per heavy atom.